The number of likely N-dealkylation sites (tertiary alicyclic amines) is 1. The third kappa shape index (κ3) is 4.10. The summed E-state index contributed by atoms with van der Waals surface area (Å²) in [6.45, 7) is 9.50. The molecule has 7 heteroatoms. The minimum absolute atomic E-state index is 0.0889. The highest BCUT2D eigenvalue weighted by molar-refractivity contribution is 6.09. The van der Waals surface area contributed by atoms with Crippen LogP contribution in [0.1, 0.15) is 39.7 Å². The van der Waals surface area contributed by atoms with Crippen molar-refractivity contribution in [3.8, 4) is 0 Å². The van der Waals surface area contributed by atoms with Gasteiger partial charge in [-0.1, -0.05) is 19.1 Å². The Morgan fingerprint density at radius 3 is 2.90 bits per heavy atom. The molecule has 2 aromatic rings. The first-order valence-electron chi connectivity index (χ1n) is 10.5. The molecule has 1 saturated heterocycles. The quantitative estimate of drug-likeness (QED) is 0.692. The molecule has 3 N–H and O–H groups in total. The lowest BCUT2D eigenvalue weighted by Gasteiger charge is -2.39. The maximum atomic E-state index is 13.0. The summed E-state index contributed by atoms with van der Waals surface area (Å²) in [5.74, 6) is 1.61. The van der Waals surface area contributed by atoms with E-state index in [2.05, 4.69) is 54.7 Å². The number of benzene rings is 1. The topological polar surface area (TPSA) is 81.7 Å². The monoisotopic (exact) mass is 406 g/mol. The molecule has 0 unspecified atom stereocenters. The van der Waals surface area contributed by atoms with E-state index < -0.39 is 5.54 Å². The largest absolute Gasteiger partial charge is 0.368 e. The number of carbonyl (C=O) groups is 1. The van der Waals surface area contributed by atoms with Crippen LogP contribution in [-0.4, -0.2) is 45.9 Å². The smallest absolute Gasteiger partial charge is 0.321 e. The van der Waals surface area contributed by atoms with Gasteiger partial charge in [0.25, 0.3) is 0 Å². The minimum Gasteiger partial charge on any atom is -0.368 e. The summed E-state index contributed by atoms with van der Waals surface area (Å²) in [7, 11) is 0. The number of fused-ring (bicyclic) bond motifs is 1. The molecule has 2 amide bonds. The van der Waals surface area contributed by atoms with Crippen LogP contribution in [-0.2, 0) is 6.42 Å². The van der Waals surface area contributed by atoms with Crippen molar-refractivity contribution in [3.05, 3.63) is 48.2 Å². The SMILES string of the molecule is CCc1cccc(NC(=O)N2CC[C@]3(C2)Nc2cccnc2NC3=NC(C)(C)C)c1. The van der Waals surface area contributed by atoms with Crippen molar-refractivity contribution in [1.82, 2.24) is 9.88 Å². The molecule has 7 nitrogen and oxygen atoms in total. The van der Waals surface area contributed by atoms with Gasteiger partial charge in [-0.05, 0) is 63.4 Å². The number of anilines is 3. The second kappa shape index (κ2) is 7.63. The molecule has 1 fully saturated rings. The van der Waals surface area contributed by atoms with Gasteiger partial charge in [0.2, 0.25) is 0 Å². The maximum absolute atomic E-state index is 13.0. The third-order valence-corrected chi connectivity index (χ3v) is 5.46. The first kappa shape index (κ1) is 20.2. The number of amides is 2. The molecule has 3 heterocycles. The van der Waals surface area contributed by atoms with Crippen LogP contribution in [0.25, 0.3) is 0 Å². The van der Waals surface area contributed by atoms with Gasteiger partial charge >= 0.3 is 6.03 Å². The Morgan fingerprint density at radius 1 is 1.30 bits per heavy atom. The second-order valence-electron chi connectivity index (χ2n) is 9.02. The number of hydrogen-bond acceptors (Lipinski definition) is 4. The zero-order valence-corrected chi connectivity index (χ0v) is 18.1. The number of rotatable bonds is 2. The number of aromatic nitrogens is 1. The molecule has 0 aliphatic carbocycles. The lowest BCUT2D eigenvalue weighted by molar-refractivity contribution is 0.221. The van der Waals surface area contributed by atoms with Gasteiger partial charge in [-0.25, -0.2) is 9.78 Å². The highest BCUT2D eigenvalue weighted by Crippen LogP contribution is 2.36. The van der Waals surface area contributed by atoms with Crippen LogP contribution in [0.3, 0.4) is 0 Å². The van der Waals surface area contributed by atoms with Gasteiger partial charge in [-0.3, -0.25) is 4.99 Å². The summed E-state index contributed by atoms with van der Waals surface area (Å²) >= 11 is 0. The number of amidine groups is 1. The fraction of sp³-hybridized carbons (Fsp3) is 0.435. The Labute approximate surface area is 178 Å². The fourth-order valence-corrected chi connectivity index (χ4v) is 3.97. The predicted molar refractivity (Wildman–Crippen MR) is 122 cm³/mol. The zero-order valence-electron chi connectivity index (χ0n) is 18.1. The number of pyridine rings is 1. The van der Waals surface area contributed by atoms with E-state index in [0.717, 1.165) is 35.9 Å². The fourth-order valence-electron chi connectivity index (χ4n) is 3.97. The molecule has 1 aromatic carbocycles. The molecule has 1 aromatic heterocycles. The molecule has 2 aliphatic rings. The maximum Gasteiger partial charge on any atom is 0.321 e. The van der Waals surface area contributed by atoms with Gasteiger partial charge < -0.3 is 20.9 Å². The Hall–Kier alpha value is -3.09. The van der Waals surface area contributed by atoms with Crippen LogP contribution in [0.15, 0.2) is 47.6 Å². The van der Waals surface area contributed by atoms with E-state index in [1.165, 1.54) is 5.56 Å². The van der Waals surface area contributed by atoms with Crippen molar-refractivity contribution in [2.75, 3.05) is 29.0 Å². The number of carbonyl (C=O) groups excluding carboxylic acids is 1. The average molecular weight is 407 g/mol. The van der Waals surface area contributed by atoms with Crippen molar-refractivity contribution in [1.29, 1.82) is 0 Å². The number of hydrogen-bond donors (Lipinski definition) is 3. The summed E-state index contributed by atoms with van der Waals surface area (Å²) in [6.07, 6.45) is 3.47. The molecule has 158 valence electrons. The number of nitrogens with zero attached hydrogens (tertiary/aromatic N) is 3. The predicted octanol–water partition coefficient (Wildman–Crippen LogP) is 4.36. The van der Waals surface area contributed by atoms with Gasteiger partial charge in [0, 0.05) is 18.4 Å². The average Bonchev–Trinajstić information content (AvgIpc) is 3.12. The number of urea groups is 1. The van der Waals surface area contributed by atoms with Crippen LogP contribution >= 0.6 is 0 Å². The molecule has 4 rings (SSSR count). The number of aliphatic imine (C=N–C) groups is 1. The molecule has 0 radical (unpaired) electrons. The summed E-state index contributed by atoms with van der Waals surface area (Å²) in [5.41, 5.74) is 2.26. The van der Waals surface area contributed by atoms with Crippen molar-refractivity contribution >= 4 is 29.1 Å². The summed E-state index contributed by atoms with van der Waals surface area (Å²) < 4.78 is 0. The zero-order chi connectivity index (χ0) is 21.4. The number of nitrogens with one attached hydrogen (secondary N) is 3. The van der Waals surface area contributed by atoms with Crippen LogP contribution in [0, 0.1) is 0 Å². The molecular weight excluding hydrogens is 376 g/mol. The summed E-state index contributed by atoms with van der Waals surface area (Å²) in [6, 6.07) is 11.8. The van der Waals surface area contributed by atoms with Gasteiger partial charge in [-0.2, -0.15) is 0 Å². The van der Waals surface area contributed by atoms with Gasteiger partial charge in [-0.15, -0.1) is 0 Å². The Bertz CT molecular complexity index is 980. The van der Waals surface area contributed by atoms with Crippen molar-refractivity contribution in [2.24, 2.45) is 4.99 Å². The van der Waals surface area contributed by atoms with Crippen LogP contribution < -0.4 is 16.0 Å². The molecule has 0 saturated carbocycles. The van der Waals surface area contributed by atoms with Crippen LogP contribution in [0.4, 0.5) is 22.0 Å². The first-order valence-corrected chi connectivity index (χ1v) is 10.5. The van der Waals surface area contributed by atoms with Crippen molar-refractivity contribution in [3.63, 3.8) is 0 Å². The lowest BCUT2D eigenvalue weighted by Crippen LogP contribution is -2.55. The second-order valence-corrected chi connectivity index (χ2v) is 9.02. The van der Waals surface area contributed by atoms with E-state index in [9.17, 15) is 4.79 Å². The van der Waals surface area contributed by atoms with Crippen LogP contribution in [0.5, 0.6) is 0 Å². The molecule has 1 atom stereocenters. The van der Waals surface area contributed by atoms with E-state index >= 15 is 0 Å². The van der Waals surface area contributed by atoms with Crippen molar-refractivity contribution in [2.45, 2.75) is 51.6 Å². The lowest BCUT2D eigenvalue weighted by atomic mass is 9.93. The minimum atomic E-state index is -0.452. The Morgan fingerprint density at radius 2 is 2.13 bits per heavy atom. The van der Waals surface area contributed by atoms with E-state index in [1.807, 2.05) is 35.2 Å². The normalized spacial score (nSPS) is 21.9. The van der Waals surface area contributed by atoms with Gasteiger partial charge in [0.05, 0.1) is 17.8 Å². The van der Waals surface area contributed by atoms with Crippen LogP contribution in [0.2, 0.25) is 0 Å². The van der Waals surface area contributed by atoms with Gasteiger partial charge in [0.15, 0.2) is 5.82 Å². The standard InChI is InChI=1S/C23H30N6O/c1-5-16-8-6-9-17(14-16)25-21(30)29-13-11-23(15-29)20(28-22(2,3)4)26-19-18(27-23)10-7-12-24-19/h6-10,12,14,27H,5,11,13,15H2,1-4H3,(H,25,30)(H,24,26,28)/t23-/m1/s1. The van der Waals surface area contributed by atoms with E-state index in [0.29, 0.717) is 13.1 Å². The van der Waals surface area contributed by atoms with E-state index in [1.54, 1.807) is 6.20 Å². The number of aryl methyl sites for hydroxylation is 1. The van der Waals surface area contributed by atoms with E-state index in [4.69, 9.17) is 4.99 Å². The summed E-state index contributed by atoms with van der Waals surface area (Å²) in [4.78, 5) is 24.2. The molecule has 30 heavy (non-hydrogen) atoms. The van der Waals surface area contributed by atoms with E-state index in [-0.39, 0.29) is 11.6 Å². The summed E-state index contributed by atoms with van der Waals surface area (Å²) in [5, 5.41) is 10.1. The molecule has 1 spiro atoms. The van der Waals surface area contributed by atoms with Gasteiger partial charge in [0.1, 0.15) is 11.4 Å². The highest BCUT2D eigenvalue weighted by atomic mass is 16.2. The Balaban J connectivity index is 1.57. The molecule has 0 bridgehead atoms. The molecule has 2 aliphatic heterocycles. The first-order chi connectivity index (χ1) is 14.3. The van der Waals surface area contributed by atoms with Crippen molar-refractivity contribution < 1.29 is 4.79 Å². The Kier molecular flexibility index (Phi) is 5.13. The highest BCUT2D eigenvalue weighted by Gasteiger charge is 2.47. The molecular formula is C23H30N6O. The third-order valence-electron chi connectivity index (χ3n) is 5.46.